The molecule has 3 N–H and O–H groups in total. The lowest BCUT2D eigenvalue weighted by atomic mass is 10.0. The molecule has 2 aromatic rings. The Morgan fingerprint density at radius 3 is 2.76 bits per heavy atom. The van der Waals surface area contributed by atoms with Gasteiger partial charge in [-0.2, -0.15) is 0 Å². The van der Waals surface area contributed by atoms with Crippen LogP contribution in [0.5, 0.6) is 0 Å². The first-order valence-electron chi connectivity index (χ1n) is 9.20. The number of aliphatic imine (C=N–C) groups is 1. The third-order valence-corrected chi connectivity index (χ3v) is 7.05. The summed E-state index contributed by atoms with van der Waals surface area (Å²) in [5.74, 6) is 0.801. The van der Waals surface area contributed by atoms with E-state index in [1.54, 1.807) is 6.07 Å². The number of benzene rings is 1. The molecule has 2 heterocycles. The second-order valence-electron chi connectivity index (χ2n) is 6.60. The van der Waals surface area contributed by atoms with Crippen LogP contribution >= 0.6 is 35.3 Å². The van der Waals surface area contributed by atoms with E-state index in [1.807, 2.05) is 19.1 Å². The molecule has 0 aliphatic carbocycles. The highest BCUT2D eigenvalue weighted by Gasteiger charge is 2.25. The van der Waals surface area contributed by atoms with Crippen molar-refractivity contribution < 1.29 is 13.2 Å². The Kier molecular flexibility index (Phi) is 8.89. The highest BCUT2D eigenvalue weighted by atomic mass is 127. The minimum absolute atomic E-state index is 0. The minimum atomic E-state index is -3.67. The third-order valence-electron chi connectivity index (χ3n) is 4.54. The Hall–Kier alpha value is -1.21. The number of nitrogens with two attached hydrogens (primary N) is 1. The predicted octanol–water partition coefficient (Wildman–Crippen LogP) is 2.86. The quantitative estimate of drug-likeness (QED) is 0.339. The summed E-state index contributed by atoms with van der Waals surface area (Å²) in [6.07, 6.45) is -0.00507. The van der Waals surface area contributed by atoms with Crippen molar-refractivity contribution in [3.05, 3.63) is 52.4 Å². The maximum Gasteiger partial charge on any atom is 0.247 e. The first-order chi connectivity index (χ1) is 13.4. The molecule has 29 heavy (non-hydrogen) atoms. The molecule has 0 amide bonds. The van der Waals surface area contributed by atoms with E-state index in [0.29, 0.717) is 19.7 Å². The Morgan fingerprint density at radius 1 is 1.34 bits per heavy atom. The molecule has 1 aromatic heterocycles. The van der Waals surface area contributed by atoms with Crippen LogP contribution in [-0.4, -0.2) is 45.5 Å². The highest BCUT2D eigenvalue weighted by Crippen LogP contribution is 2.25. The molecule has 0 radical (unpaired) electrons. The number of primary sulfonamides is 1. The molecule has 0 spiro atoms. The third kappa shape index (κ3) is 6.38. The molecule has 1 atom stereocenters. The zero-order chi connectivity index (χ0) is 20.1. The number of sulfonamides is 1. The van der Waals surface area contributed by atoms with Gasteiger partial charge in [0, 0.05) is 18.0 Å². The predicted molar refractivity (Wildman–Crippen MR) is 127 cm³/mol. The SMILES string of the molecule is CCNC(=NCc1ccc(S(N)(=O)=O)s1)N1CCOC(c2ccccc2C)C1.I. The number of ether oxygens (including phenoxy) is 1. The van der Waals surface area contributed by atoms with Crippen molar-refractivity contribution in [1.29, 1.82) is 0 Å². The molecule has 1 unspecified atom stereocenters. The van der Waals surface area contributed by atoms with E-state index >= 15 is 0 Å². The number of nitrogens with one attached hydrogen (secondary N) is 1. The largest absolute Gasteiger partial charge is 0.370 e. The number of nitrogens with zero attached hydrogens (tertiary/aromatic N) is 2. The number of halogens is 1. The molecule has 7 nitrogen and oxygen atoms in total. The highest BCUT2D eigenvalue weighted by molar-refractivity contribution is 14.0. The number of aryl methyl sites for hydroxylation is 1. The van der Waals surface area contributed by atoms with Crippen LogP contribution in [0.1, 0.15) is 29.0 Å². The summed E-state index contributed by atoms with van der Waals surface area (Å²) >= 11 is 1.15. The topological polar surface area (TPSA) is 97.0 Å². The average Bonchev–Trinajstić information content (AvgIpc) is 3.15. The number of thiophene rings is 1. The molecule has 1 aliphatic heterocycles. The van der Waals surface area contributed by atoms with Crippen molar-refractivity contribution in [2.45, 2.75) is 30.7 Å². The smallest absolute Gasteiger partial charge is 0.247 e. The van der Waals surface area contributed by atoms with Gasteiger partial charge in [0.05, 0.1) is 19.7 Å². The molecular formula is C19H27IN4O3S2. The van der Waals surface area contributed by atoms with E-state index in [1.165, 1.54) is 17.2 Å². The normalized spacial score (nSPS) is 17.7. The number of hydrogen-bond acceptors (Lipinski definition) is 5. The second-order valence-corrected chi connectivity index (χ2v) is 9.55. The van der Waals surface area contributed by atoms with Gasteiger partial charge in [0.15, 0.2) is 5.96 Å². The lowest BCUT2D eigenvalue weighted by Crippen LogP contribution is -2.48. The van der Waals surface area contributed by atoms with Crippen molar-refractivity contribution in [2.24, 2.45) is 10.1 Å². The van der Waals surface area contributed by atoms with E-state index in [-0.39, 0.29) is 34.3 Å². The number of guanidine groups is 1. The molecule has 1 saturated heterocycles. The first kappa shape index (κ1) is 24.1. The van der Waals surface area contributed by atoms with Crippen molar-refractivity contribution in [3.63, 3.8) is 0 Å². The van der Waals surface area contributed by atoms with Crippen LogP contribution in [0, 0.1) is 6.92 Å². The Labute approximate surface area is 193 Å². The van der Waals surface area contributed by atoms with Gasteiger partial charge < -0.3 is 15.0 Å². The molecule has 1 aromatic carbocycles. The fraction of sp³-hybridized carbons (Fsp3) is 0.421. The number of hydrogen-bond donors (Lipinski definition) is 2. The van der Waals surface area contributed by atoms with Gasteiger partial charge in [0.1, 0.15) is 10.3 Å². The summed E-state index contributed by atoms with van der Waals surface area (Å²) in [6, 6.07) is 11.5. The van der Waals surface area contributed by atoms with Gasteiger partial charge in [0.2, 0.25) is 10.0 Å². The second kappa shape index (κ2) is 10.7. The summed E-state index contributed by atoms with van der Waals surface area (Å²) in [6.45, 7) is 7.35. The van der Waals surface area contributed by atoms with Crippen LogP contribution in [-0.2, 0) is 21.3 Å². The van der Waals surface area contributed by atoms with Crippen LogP contribution in [0.25, 0.3) is 0 Å². The van der Waals surface area contributed by atoms with E-state index in [9.17, 15) is 8.42 Å². The van der Waals surface area contributed by atoms with E-state index < -0.39 is 10.0 Å². The zero-order valence-corrected chi connectivity index (χ0v) is 20.5. The molecule has 1 aliphatic rings. The van der Waals surface area contributed by atoms with Crippen LogP contribution in [0.4, 0.5) is 0 Å². The monoisotopic (exact) mass is 550 g/mol. The van der Waals surface area contributed by atoms with Crippen LogP contribution in [0.3, 0.4) is 0 Å². The zero-order valence-electron chi connectivity index (χ0n) is 16.5. The van der Waals surface area contributed by atoms with Crippen molar-refractivity contribution in [2.75, 3.05) is 26.2 Å². The molecule has 0 saturated carbocycles. The summed E-state index contributed by atoms with van der Waals surface area (Å²) in [4.78, 5) is 7.75. The molecule has 160 valence electrons. The molecule has 10 heteroatoms. The summed E-state index contributed by atoms with van der Waals surface area (Å²) < 4.78 is 29.1. The molecule has 3 rings (SSSR count). The summed E-state index contributed by atoms with van der Waals surface area (Å²) in [5.41, 5.74) is 2.41. The van der Waals surface area contributed by atoms with Gasteiger partial charge in [-0.3, -0.25) is 0 Å². The average molecular weight is 550 g/mol. The van der Waals surface area contributed by atoms with Crippen LogP contribution < -0.4 is 10.5 Å². The van der Waals surface area contributed by atoms with E-state index in [4.69, 9.17) is 14.9 Å². The van der Waals surface area contributed by atoms with Crippen molar-refractivity contribution in [3.8, 4) is 0 Å². The lowest BCUT2D eigenvalue weighted by Gasteiger charge is -2.35. The van der Waals surface area contributed by atoms with Crippen molar-refractivity contribution in [1.82, 2.24) is 10.2 Å². The maximum absolute atomic E-state index is 11.5. The van der Waals surface area contributed by atoms with Gasteiger partial charge >= 0.3 is 0 Å². The lowest BCUT2D eigenvalue weighted by molar-refractivity contribution is -0.00833. The van der Waals surface area contributed by atoms with Gasteiger partial charge in [-0.25, -0.2) is 18.5 Å². The van der Waals surface area contributed by atoms with Gasteiger partial charge in [-0.15, -0.1) is 35.3 Å². The van der Waals surface area contributed by atoms with Gasteiger partial charge in [-0.05, 0) is 37.1 Å². The standard InChI is InChI=1S/C19H26N4O3S2.HI/c1-3-21-19(22-12-15-8-9-18(27-15)28(20,24)25)23-10-11-26-17(13-23)16-7-5-4-6-14(16)2;/h4-9,17H,3,10-13H2,1-2H3,(H,21,22)(H2,20,24,25);1H. The Bertz CT molecular complexity index is 946. The first-order valence-corrected chi connectivity index (χ1v) is 11.6. The fourth-order valence-electron chi connectivity index (χ4n) is 3.15. The number of morpholine rings is 1. The Balaban J connectivity index is 0.00000300. The number of rotatable bonds is 5. The van der Waals surface area contributed by atoms with Gasteiger partial charge in [0.25, 0.3) is 0 Å². The Morgan fingerprint density at radius 2 is 2.10 bits per heavy atom. The minimum Gasteiger partial charge on any atom is -0.370 e. The summed E-state index contributed by atoms with van der Waals surface area (Å²) in [7, 11) is -3.67. The van der Waals surface area contributed by atoms with E-state index in [2.05, 4.69) is 29.3 Å². The molecule has 0 bridgehead atoms. The van der Waals surface area contributed by atoms with E-state index in [0.717, 1.165) is 35.3 Å². The summed E-state index contributed by atoms with van der Waals surface area (Å²) in [5, 5.41) is 8.51. The fourth-order valence-corrected chi connectivity index (χ4v) is 4.86. The van der Waals surface area contributed by atoms with Gasteiger partial charge in [-0.1, -0.05) is 24.3 Å². The van der Waals surface area contributed by atoms with Crippen LogP contribution in [0.15, 0.2) is 45.6 Å². The molecular weight excluding hydrogens is 523 g/mol. The molecule has 1 fully saturated rings. The maximum atomic E-state index is 11.5. The van der Waals surface area contributed by atoms with Crippen LogP contribution in [0.2, 0.25) is 0 Å². The van der Waals surface area contributed by atoms with Crippen molar-refractivity contribution >= 4 is 51.3 Å².